The fourth-order valence-corrected chi connectivity index (χ4v) is 4.31. The lowest BCUT2D eigenvalue weighted by atomic mass is 10.1. The van der Waals surface area contributed by atoms with Crippen LogP contribution in [0.2, 0.25) is 0 Å². The fraction of sp³-hybridized carbons (Fsp3) is 0.294. The van der Waals surface area contributed by atoms with Crippen molar-refractivity contribution in [1.82, 2.24) is 9.97 Å². The maximum absolute atomic E-state index is 13.1. The van der Waals surface area contributed by atoms with Crippen LogP contribution in [0.15, 0.2) is 30.6 Å². The van der Waals surface area contributed by atoms with Gasteiger partial charge in [-0.15, -0.1) is 11.3 Å². The first-order chi connectivity index (χ1) is 10.7. The number of benzene rings is 1. The van der Waals surface area contributed by atoms with Crippen LogP contribution in [-0.2, 0) is 12.8 Å². The van der Waals surface area contributed by atoms with Gasteiger partial charge in [0.15, 0.2) is 0 Å². The van der Waals surface area contributed by atoms with E-state index >= 15 is 0 Å². The highest BCUT2D eigenvalue weighted by Gasteiger charge is 2.21. The smallest absolute Gasteiger partial charge is 0.138 e. The van der Waals surface area contributed by atoms with Crippen molar-refractivity contribution in [3.63, 3.8) is 0 Å². The summed E-state index contributed by atoms with van der Waals surface area (Å²) in [5.41, 5.74) is 2.45. The molecule has 1 aliphatic carbocycles. The van der Waals surface area contributed by atoms with E-state index in [1.54, 1.807) is 17.7 Å². The lowest BCUT2D eigenvalue weighted by Crippen LogP contribution is -2.08. The van der Waals surface area contributed by atoms with E-state index in [2.05, 4.69) is 22.2 Å². The molecule has 0 amide bonds. The first kappa shape index (κ1) is 13.6. The molecule has 0 fully saturated rings. The number of nitrogens with zero attached hydrogens (tertiary/aromatic N) is 2. The predicted molar refractivity (Wildman–Crippen MR) is 87.9 cm³/mol. The molecule has 1 aromatic carbocycles. The molecular weight excluding hydrogens is 297 g/mol. The van der Waals surface area contributed by atoms with Gasteiger partial charge >= 0.3 is 0 Å². The van der Waals surface area contributed by atoms with Gasteiger partial charge in [0.1, 0.15) is 22.8 Å². The normalized spacial score (nSPS) is 15.0. The molecule has 0 saturated heterocycles. The zero-order chi connectivity index (χ0) is 15.1. The lowest BCUT2D eigenvalue weighted by Gasteiger charge is -2.16. The number of rotatable bonds is 3. The monoisotopic (exact) mass is 313 g/mol. The summed E-state index contributed by atoms with van der Waals surface area (Å²) in [6.45, 7) is 2.06. The van der Waals surface area contributed by atoms with Crippen molar-refractivity contribution in [3.05, 3.63) is 52.4 Å². The Bertz CT molecular complexity index is 826. The second-order valence-electron chi connectivity index (χ2n) is 5.68. The van der Waals surface area contributed by atoms with Crippen LogP contribution < -0.4 is 5.32 Å². The summed E-state index contributed by atoms with van der Waals surface area (Å²) in [7, 11) is 0. The molecule has 0 saturated carbocycles. The van der Waals surface area contributed by atoms with Gasteiger partial charge in [0.25, 0.3) is 0 Å². The van der Waals surface area contributed by atoms with Gasteiger partial charge in [-0.1, -0.05) is 12.1 Å². The summed E-state index contributed by atoms with van der Waals surface area (Å²) in [5.74, 6) is 0.678. The maximum Gasteiger partial charge on any atom is 0.138 e. The van der Waals surface area contributed by atoms with Crippen LogP contribution >= 0.6 is 11.3 Å². The third kappa shape index (κ3) is 2.25. The fourth-order valence-electron chi connectivity index (χ4n) is 3.08. The van der Waals surface area contributed by atoms with E-state index < -0.39 is 0 Å². The van der Waals surface area contributed by atoms with Crippen molar-refractivity contribution in [2.75, 3.05) is 5.32 Å². The zero-order valence-electron chi connectivity index (χ0n) is 12.3. The minimum Gasteiger partial charge on any atom is -0.363 e. The van der Waals surface area contributed by atoms with Gasteiger partial charge in [-0.3, -0.25) is 0 Å². The van der Waals surface area contributed by atoms with Gasteiger partial charge < -0.3 is 5.32 Å². The molecule has 2 heterocycles. The summed E-state index contributed by atoms with van der Waals surface area (Å²) in [6.07, 6.45) is 5.11. The molecular formula is C17H16FN3S. The van der Waals surface area contributed by atoms with Crippen molar-refractivity contribution < 1.29 is 4.39 Å². The van der Waals surface area contributed by atoms with Crippen molar-refractivity contribution in [2.24, 2.45) is 0 Å². The van der Waals surface area contributed by atoms with Crippen molar-refractivity contribution in [3.8, 4) is 0 Å². The highest BCUT2D eigenvalue weighted by Crippen LogP contribution is 2.39. The first-order valence-corrected chi connectivity index (χ1v) is 8.31. The van der Waals surface area contributed by atoms with E-state index in [1.807, 2.05) is 12.1 Å². The minimum atomic E-state index is -0.212. The molecule has 0 bridgehead atoms. The van der Waals surface area contributed by atoms with E-state index in [-0.39, 0.29) is 11.9 Å². The molecule has 3 aromatic rings. The first-order valence-electron chi connectivity index (χ1n) is 7.49. The Labute approximate surface area is 132 Å². The van der Waals surface area contributed by atoms with Gasteiger partial charge in [-0.25, -0.2) is 14.4 Å². The average molecular weight is 313 g/mol. The van der Waals surface area contributed by atoms with Crippen LogP contribution in [0.25, 0.3) is 10.2 Å². The predicted octanol–water partition coefficient (Wildman–Crippen LogP) is 4.49. The van der Waals surface area contributed by atoms with E-state index in [0.717, 1.165) is 29.1 Å². The number of fused-ring (bicyclic) bond motifs is 3. The minimum absolute atomic E-state index is 0.0654. The van der Waals surface area contributed by atoms with E-state index in [4.69, 9.17) is 0 Å². The van der Waals surface area contributed by atoms with Crippen molar-refractivity contribution in [1.29, 1.82) is 0 Å². The lowest BCUT2D eigenvalue weighted by molar-refractivity contribution is 0.626. The van der Waals surface area contributed by atoms with E-state index in [0.29, 0.717) is 0 Å². The van der Waals surface area contributed by atoms with Gasteiger partial charge in [0.2, 0.25) is 0 Å². The Morgan fingerprint density at radius 1 is 1.18 bits per heavy atom. The SMILES string of the molecule is CC(Nc1ncnc2sc3c(c12)CCC3)c1ccc(F)cc1. The summed E-state index contributed by atoms with van der Waals surface area (Å²) >= 11 is 1.78. The van der Waals surface area contributed by atoms with Crippen LogP contribution in [0.3, 0.4) is 0 Å². The van der Waals surface area contributed by atoms with E-state index in [1.165, 1.54) is 34.4 Å². The quantitative estimate of drug-likeness (QED) is 0.774. The second kappa shape index (κ2) is 5.32. The summed E-state index contributed by atoms with van der Waals surface area (Å²) in [4.78, 5) is 11.4. The van der Waals surface area contributed by atoms with Crippen LogP contribution in [-0.4, -0.2) is 9.97 Å². The number of thiophene rings is 1. The molecule has 1 unspecified atom stereocenters. The van der Waals surface area contributed by atoms with Crippen molar-refractivity contribution >= 4 is 27.4 Å². The van der Waals surface area contributed by atoms with Gasteiger partial charge in [-0.2, -0.15) is 0 Å². The molecule has 1 N–H and O–H groups in total. The number of halogens is 1. The second-order valence-corrected chi connectivity index (χ2v) is 6.76. The molecule has 0 spiro atoms. The maximum atomic E-state index is 13.1. The van der Waals surface area contributed by atoms with Gasteiger partial charge in [-0.05, 0) is 49.4 Å². The third-order valence-electron chi connectivity index (χ3n) is 4.22. The Morgan fingerprint density at radius 3 is 2.82 bits per heavy atom. The molecule has 5 heteroatoms. The standard InChI is InChI=1S/C17H16FN3S/c1-10(11-5-7-12(18)8-6-11)21-16-15-13-3-2-4-14(13)22-17(15)20-9-19-16/h5-10H,2-4H2,1H3,(H,19,20,21). The molecule has 2 aromatic heterocycles. The highest BCUT2D eigenvalue weighted by molar-refractivity contribution is 7.19. The highest BCUT2D eigenvalue weighted by atomic mass is 32.1. The summed E-state index contributed by atoms with van der Waals surface area (Å²) < 4.78 is 13.1. The molecule has 1 aliphatic rings. The molecule has 0 aliphatic heterocycles. The van der Waals surface area contributed by atoms with Crippen LogP contribution in [0, 0.1) is 5.82 Å². The molecule has 112 valence electrons. The number of hydrogen-bond donors (Lipinski definition) is 1. The Hall–Kier alpha value is -2.01. The number of aromatic nitrogens is 2. The Kier molecular flexibility index (Phi) is 3.30. The molecule has 0 radical (unpaired) electrons. The average Bonchev–Trinajstić information content (AvgIpc) is 3.08. The molecule has 4 rings (SSSR count). The Morgan fingerprint density at radius 2 is 2.00 bits per heavy atom. The van der Waals surface area contributed by atoms with Gasteiger partial charge in [0.05, 0.1) is 5.39 Å². The van der Waals surface area contributed by atoms with E-state index in [9.17, 15) is 4.39 Å². The number of nitrogens with one attached hydrogen (secondary N) is 1. The van der Waals surface area contributed by atoms with Crippen molar-refractivity contribution in [2.45, 2.75) is 32.2 Å². The number of aryl methyl sites for hydroxylation is 2. The summed E-state index contributed by atoms with van der Waals surface area (Å²) in [5, 5.41) is 4.64. The number of anilines is 1. The van der Waals surface area contributed by atoms with Crippen LogP contribution in [0.5, 0.6) is 0 Å². The topological polar surface area (TPSA) is 37.8 Å². The number of hydrogen-bond acceptors (Lipinski definition) is 4. The molecule has 3 nitrogen and oxygen atoms in total. The van der Waals surface area contributed by atoms with Crippen LogP contribution in [0.4, 0.5) is 10.2 Å². The summed E-state index contributed by atoms with van der Waals surface area (Å²) in [6, 6.07) is 6.67. The third-order valence-corrected chi connectivity index (χ3v) is 5.42. The molecule has 22 heavy (non-hydrogen) atoms. The van der Waals surface area contributed by atoms with Gasteiger partial charge in [0, 0.05) is 10.9 Å². The Balaban J connectivity index is 1.71. The zero-order valence-corrected chi connectivity index (χ0v) is 13.1. The molecule has 1 atom stereocenters. The van der Waals surface area contributed by atoms with Crippen LogP contribution in [0.1, 0.15) is 35.4 Å². The largest absolute Gasteiger partial charge is 0.363 e.